The van der Waals surface area contributed by atoms with Crippen molar-refractivity contribution in [2.75, 3.05) is 0 Å². The molecule has 50 valence electrons. The molecule has 0 bridgehead atoms. The van der Waals surface area contributed by atoms with Gasteiger partial charge in [-0.25, -0.2) is 0 Å². The number of hydrogen-bond acceptors (Lipinski definition) is 0. The van der Waals surface area contributed by atoms with E-state index >= 15 is 0 Å². The molecule has 0 aliphatic heterocycles. The van der Waals surface area contributed by atoms with Crippen LogP contribution in [0.3, 0.4) is 0 Å². The molecule has 0 radical (unpaired) electrons. The van der Waals surface area contributed by atoms with Crippen LogP contribution in [0.1, 0.15) is 12.8 Å². The summed E-state index contributed by atoms with van der Waals surface area (Å²) in [5, 5.41) is 0. The highest BCUT2D eigenvalue weighted by Crippen LogP contribution is 2.26. The first kappa shape index (κ1) is 5.72. The second-order valence-electron chi connectivity index (χ2n) is 2.63. The molecule has 10 heavy (non-hydrogen) atoms. The molecule has 0 heterocycles. The van der Waals surface area contributed by atoms with Crippen molar-refractivity contribution in [1.82, 2.24) is 0 Å². The molecule has 0 aromatic heterocycles. The molecule has 0 saturated heterocycles. The average Bonchev–Trinajstić information content (AvgIpc) is 2.28. The maximum atomic E-state index is 2.30. The second kappa shape index (κ2) is 2.30. The van der Waals surface area contributed by atoms with Crippen LogP contribution < -0.4 is 0 Å². The predicted molar refractivity (Wildman–Crippen MR) is 43.7 cm³/mol. The van der Waals surface area contributed by atoms with E-state index in [4.69, 9.17) is 0 Å². The topological polar surface area (TPSA) is 0 Å². The monoisotopic (exact) mass is 130 g/mol. The van der Waals surface area contributed by atoms with Crippen LogP contribution in [0.5, 0.6) is 0 Å². The van der Waals surface area contributed by atoms with E-state index < -0.39 is 0 Å². The van der Waals surface area contributed by atoms with E-state index in [0.29, 0.717) is 0 Å². The lowest BCUT2D eigenvalue weighted by atomic mass is 10.1. The van der Waals surface area contributed by atoms with E-state index in [0.717, 1.165) is 0 Å². The molecule has 2 aliphatic rings. The van der Waals surface area contributed by atoms with Gasteiger partial charge in [0.05, 0.1) is 0 Å². The smallest absolute Gasteiger partial charge is 0.0238 e. The fourth-order valence-corrected chi connectivity index (χ4v) is 1.41. The van der Waals surface area contributed by atoms with Gasteiger partial charge in [0.1, 0.15) is 0 Å². The van der Waals surface area contributed by atoms with Gasteiger partial charge in [-0.1, -0.05) is 36.5 Å². The average molecular weight is 130 g/mol. The Hall–Kier alpha value is -1.04. The van der Waals surface area contributed by atoms with Crippen molar-refractivity contribution < 1.29 is 0 Å². The van der Waals surface area contributed by atoms with E-state index in [1.54, 1.807) is 0 Å². The van der Waals surface area contributed by atoms with Crippen molar-refractivity contribution >= 4 is 0 Å². The fourth-order valence-electron chi connectivity index (χ4n) is 1.41. The SMILES string of the molecule is C1=CC=C2CCC=C2C=C1. The van der Waals surface area contributed by atoms with E-state index in [2.05, 4.69) is 36.5 Å². The maximum absolute atomic E-state index is 2.30. The molecular formula is C10H10. The van der Waals surface area contributed by atoms with Gasteiger partial charge >= 0.3 is 0 Å². The van der Waals surface area contributed by atoms with Gasteiger partial charge in [0.15, 0.2) is 0 Å². The van der Waals surface area contributed by atoms with Crippen molar-refractivity contribution in [2.45, 2.75) is 12.8 Å². The number of hydrogen-bond donors (Lipinski definition) is 0. The molecule has 0 aromatic carbocycles. The lowest BCUT2D eigenvalue weighted by molar-refractivity contribution is 1.06. The molecular weight excluding hydrogens is 120 g/mol. The summed E-state index contributed by atoms with van der Waals surface area (Å²) in [4.78, 5) is 0. The Bertz CT molecular complexity index is 249. The molecule has 0 atom stereocenters. The highest BCUT2D eigenvalue weighted by molar-refractivity contribution is 5.47. The lowest BCUT2D eigenvalue weighted by Gasteiger charge is -1.94. The number of rotatable bonds is 0. The highest BCUT2D eigenvalue weighted by atomic mass is 14.1. The van der Waals surface area contributed by atoms with Gasteiger partial charge in [-0.05, 0) is 24.0 Å². The van der Waals surface area contributed by atoms with Crippen molar-refractivity contribution in [3.8, 4) is 0 Å². The standard InChI is InChI=1S/C10H10/c1-2-5-9-7-4-8-10(9)6-3-1/h1-3,5-7H,4,8H2. The summed E-state index contributed by atoms with van der Waals surface area (Å²) < 4.78 is 0. The normalized spacial score (nSPS) is 21.6. The Morgan fingerprint density at radius 1 is 1.10 bits per heavy atom. The zero-order chi connectivity index (χ0) is 6.81. The minimum Gasteiger partial charge on any atom is -0.0767 e. The van der Waals surface area contributed by atoms with Gasteiger partial charge in [-0.2, -0.15) is 0 Å². The van der Waals surface area contributed by atoms with Crippen molar-refractivity contribution in [3.05, 3.63) is 47.6 Å². The van der Waals surface area contributed by atoms with Crippen LogP contribution in [0.15, 0.2) is 47.6 Å². The van der Waals surface area contributed by atoms with Crippen LogP contribution in [0.25, 0.3) is 0 Å². The predicted octanol–water partition coefficient (Wildman–Crippen LogP) is 2.76. The number of allylic oxidation sites excluding steroid dienone is 8. The zero-order valence-electron chi connectivity index (χ0n) is 5.88. The van der Waals surface area contributed by atoms with Crippen molar-refractivity contribution in [1.29, 1.82) is 0 Å². The summed E-state index contributed by atoms with van der Waals surface area (Å²) in [7, 11) is 0. The number of fused-ring (bicyclic) bond motifs is 1. The molecule has 0 amide bonds. The first-order chi connectivity index (χ1) is 4.97. The summed E-state index contributed by atoms with van der Waals surface area (Å²) in [5.41, 5.74) is 2.91. The summed E-state index contributed by atoms with van der Waals surface area (Å²) in [6.45, 7) is 0. The molecule has 0 aromatic rings. The third-order valence-corrected chi connectivity index (χ3v) is 1.94. The Labute approximate surface area is 61.3 Å². The van der Waals surface area contributed by atoms with Crippen LogP contribution >= 0.6 is 0 Å². The summed E-state index contributed by atoms with van der Waals surface area (Å²) in [6.07, 6.45) is 15.4. The summed E-state index contributed by atoms with van der Waals surface area (Å²) in [5.74, 6) is 0. The molecule has 0 saturated carbocycles. The van der Waals surface area contributed by atoms with Crippen LogP contribution in [-0.4, -0.2) is 0 Å². The molecule has 2 aliphatic carbocycles. The third-order valence-electron chi connectivity index (χ3n) is 1.94. The van der Waals surface area contributed by atoms with E-state index in [1.165, 1.54) is 24.0 Å². The minimum absolute atomic E-state index is 1.22. The Balaban J connectivity index is 2.42. The Kier molecular flexibility index (Phi) is 1.31. The van der Waals surface area contributed by atoms with Crippen molar-refractivity contribution in [3.63, 3.8) is 0 Å². The molecule has 0 fully saturated rings. The second-order valence-corrected chi connectivity index (χ2v) is 2.63. The maximum Gasteiger partial charge on any atom is -0.0238 e. The van der Waals surface area contributed by atoms with Gasteiger partial charge in [0.25, 0.3) is 0 Å². The highest BCUT2D eigenvalue weighted by Gasteiger charge is 2.07. The van der Waals surface area contributed by atoms with Gasteiger partial charge in [0, 0.05) is 0 Å². The molecule has 0 heteroatoms. The van der Waals surface area contributed by atoms with E-state index in [1.807, 2.05) is 0 Å². The minimum atomic E-state index is 1.22. The largest absolute Gasteiger partial charge is 0.0767 e. The van der Waals surface area contributed by atoms with Crippen LogP contribution in [0, 0.1) is 0 Å². The van der Waals surface area contributed by atoms with Crippen LogP contribution in [-0.2, 0) is 0 Å². The quantitative estimate of drug-likeness (QED) is 0.473. The van der Waals surface area contributed by atoms with E-state index in [9.17, 15) is 0 Å². The Morgan fingerprint density at radius 2 is 2.10 bits per heavy atom. The van der Waals surface area contributed by atoms with Gasteiger partial charge in [-0.3, -0.25) is 0 Å². The van der Waals surface area contributed by atoms with Crippen molar-refractivity contribution in [2.24, 2.45) is 0 Å². The molecule has 0 spiro atoms. The molecule has 0 unspecified atom stereocenters. The zero-order valence-corrected chi connectivity index (χ0v) is 5.88. The molecule has 0 N–H and O–H groups in total. The van der Waals surface area contributed by atoms with Crippen LogP contribution in [0.4, 0.5) is 0 Å². The Morgan fingerprint density at radius 3 is 3.10 bits per heavy atom. The lowest BCUT2D eigenvalue weighted by Crippen LogP contribution is -1.75. The van der Waals surface area contributed by atoms with Gasteiger partial charge in [0.2, 0.25) is 0 Å². The first-order valence-corrected chi connectivity index (χ1v) is 3.71. The van der Waals surface area contributed by atoms with Gasteiger partial charge < -0.3 is 0 Å². The fraction of sp³-hybridized carbons (Fsp3) is 0.200. The summed E-state index contributed by atoms with van der Waals surface area (Å²) >= 11 is 0. The molecule has 2 rings (SSSR count). The third kappa shape index (κ3) is 0.860. The van der Waals surface area contributed by atoms with Gasteiger partial charge in [-0.15, -0.1) is 0 Å². The molecule has 0 nitrogen and oxygen atoms in total. The summed E-state index contributed by atoms with van der Waals surface area (Å²) in [6, 6.07) is 0. The first-order valence-electron chi connectivity index (χ1n) is 3.71. The van der Waals surface area contributed by atoms with E-state index in [-0.39, 0.29) is 0 Å². The van der Waals surface area contributed by atoms with Crippen LogP contribution in [0.2, 0.25) is 0 Å².